The van der Waals surface area contributed by atoms with Gasteiger partial charge in [-0.15, -0.1) is 11.3 Å². The van der Waals surface area contributed by atoms with Gasteiger partial charge in [-0.2, -0.15) is 0 Å². The Morgan fingerprint density at radius 1 is 1.08 bits per heavy atom. The second-order valence-corrected chi connectivity index (χ2v) is 6.59. The van der Waals surface area contributed by atoms with E-state index in [1.54, 1.807) is 18.4 Å². The van der Waals surface area contributed by atoms with Crippen molar-refractivity contribution in [2.75, 3.05) is 13.7 Å². The number of rotatable bonds is 7. The van der Waals surface area contributed by atoms with Crippen LogP contribution in [0.25, 0.3) is 10.6 Å². The lowest BCUT2D eigenvalue weighted by Gasteiger charge is -2.08. The molecule has 0 saturated carbocycles. The molecule has 1 N–H and O–H groups in total. The summed E-state index contributed by atoms with van der Waals surface area (Å²) in [7, 11) is 1.62. The molecule has 0 saturated heterocycles. The average molecular weight is 368 g/mol. The van der Waals surface area contributed by atoms with Gasteiger partial charge < -0.3 is 14.8 Å². The molecule has 3 aromatic rings. The first-order valence-electron chi connectivity index (χ1n) is 8.19. The Labute approximate surface area is 156 Å². The van der Waals surface area contributed by atoms with Crippen LogP contribution < -0.4 is 14.8 Å². The predicted molar refractivity (Wildman–Crippen MR) is 103 cm³/mol. The number of aromatic nitrogens is 1. The highest BCUT2D eigenvalue weighted by Crippen LogP contribution is 2.25. The molecule has 0 bridgehead atoms. The quantitative estimate of drug-likeness (QED) is 0.689. The number of amides is 1. The number of carbonyl (C=O) groups excluding carboxylic acids is 1. The summed E-state index contributed by atoms with van der Waals surface area (Å²) < 4.78 is 10.6. The first kappa shape index (κ1) is 17.9. The highest BCUT2D eigenvalue weighted by Gasteiger charge is 2.05. The largest absolute Gasteiger partial charge is 0.497 e. The molecular formula is C20H20N2O3S. The molecule has 0 spiro atoms. The van der Waals surface area contributed by atoms with Gasteiger partial charge in [0.05, 0.1) is 7.11 Å². The molecule has 134 valence electrons. The van der Waals surface area contributed by atoms with E-state index in [9.17, 15) is 4.79 Å². The smallest absolute Gasteiger partial charge is 0.258 e. The van der Waals surface area contributed by atoms with E-state index in [-0.39, 0.29) is 12.5 Å². The number of thiazole rings is 1. The van der Waals surface area contributed by atoms with Crippen LogP contribution >= 0.6 is 11.3 Å². The molecule has 0 fully saturated rings. The fourth-order valence-electron chi connectivity index (χ4n) is 2.32. The minimum Gasteiger partial charge on any atom is -0.497 e. The van der Waals surface area contributed by atoms with Crippen LogP contribution in [0.15, 0.2) is 53.9 Å². The Morgan fingerprint density at radius 2 is 1.77 bits per heavy atom. The molecule has 0 atom stereocenters. The molecule has 1 amide bonds. The second kappa shape index (κ2) is 8.49. The molecule has 0 aliphatic rings. The second-order valence-electron chi connectivity index (χ2n) is 5.73. The maximum Gasteiger partial charge on any atom is 0.258 e. The van der Waals surface area contributed by atoms with E-state index in [4.69, 9.17) is 9.47 Å². The molecule has 0 aliphatic heterocycles. The SMILES string of the molecule is COc1ccc(CNC(=O)COc2ccc(-c3nc(C)cs3)cc2)cc1. The van der Waals surface area contributed by atoms with Gasteiger partial charge in [-0.3, -0.25) is 4.79 Å². The summed E-state index contributed by atoms with van der Waals surface area (Å²) in [6.07, 6.45) is 0. The summed E-state index contributed by atoms with van der Waals surface area (Å²) in [5, 5.41) is 5.83. The predicted octanol–water partition coefficient (Wildman–Crippen LogP) is 3.82. The average Bonchev–Trinajstić information content (AvgIpc) is 3.12. The van der Waals surface area contributed by atoms with E-state index < -0.39 is 0 Å². The van der Waals surface area contributed by atoms with Crippen LogP contribution in [-0.2, 0) is 11.3 Å². The summed E-state index contributed by atoms with van der Waals surface area (Å²) in [5.41, 5.74) is 3.06. The maximum atomic E-state index is 11.9. The number of hydrogen-bond donors (Lipinski definition) is 1. The van der Waals surface area contributed by atoms with Crippen molar-refractivity contribution in [2.45, 2.75) is 13.5 Å². The van der Waals surface area contributed by atoms with Crippen LogP contribution in [-0.4, -0.2) is 24.6 Å². The Kier molecular flexibility index (Phi) is 5.86. The van der Waals surface area contributed by atoms with Crippen LogP contribution in [0.3, 0.4) is 0 Å². The minimum atomic E-state index is -0.166. The molecule has 6 heteroatoms. The van der Waals surface area contributed by atoms with Crippen molar-refractivity contribution >= 4 is 17.2 Å². The molecule has 5 nitrogen and oxygen atoms in total. The topological polar surface area (TPSA) is 60.5 Å². The third kappa shape index (κ3) is 4.83. The molecular weight excluding hydrogens is 348 g/mol. The normalized spacial score (nSPS) is 10.4. The molecule has 0 unspecified atom stereocenters. The van der Waals surface area contributed by atoms with Gasteiger partial charge in [-0.1, -0.05) is 12.1 Å². The summed E-state index contributed by atoms with van der Waals surface area (Å²) in [4.78, 5) is 16.4. The van der Waals surface area contributed by atoms with Gasteiger partial charge in [-0.05, 0) is 48.9 Å². The van der Waals surface area contributed by atoms with Crippen LogP contribution in [0, 0.1) is 6.92 Å². The van der Waals surface area contributed by atoms with Crippen LogP contribution in [0.2, 0.25) is 0 Å². The molecule has 26 heavy (non-hydrogen) atoms. The summed E-state index contributed by atoms with van der Waals surface area (Å²) in [6, 6.07) is 15.2. The summed E-state index contributed by atoms with van der Waals surface area (Å²) in [5.74, 6) is 1.28. The van der Waals surface area contributed by atoms with Gasteiger partial charge in [-0.25, -0.2) is 4.98 Å². The van der Waals surface area contributed by atoms with Gasteiger partial charge in [0.25, 0.3) is 5.91 Å². The monoisotopic (exact) mass is 368 g/mol. The van der Waals surface area contributed by atoms with Gasteiger partial charge in [0, 0.05) is 23.2 Å². The zero-order chi connectivity index (χ0) is 18.4. The van der Waals surface area contributed by atoms with Crippen molar-refractivity contribution in [1.29, 1.82) is 0 Å². The Morgan fingerprint density at radius 3 is 2.38 bits per heavy atom. The number of aryl methyl sites for hydroxylation is 1. The van der Waals surface area contributed by atoms with Crippen molar-refractivity contribution in [2.24, 2.45) is 0 Å². The lowest BCUT2D eigenvalue weighted by molar-refractivity contribution is -0.123. The number of methoxy groups -OCH3 is 1. The van der Waals surface area contributed by atoms with Gasteiger partial charge in [0.15, 0.2) is 6.61 Å². The molecule has 3 rings (SSSR count). The molecule has 1 aromatic heterocycles. The highest BCUT2D eigenvalue weighted by atomic mass is 32.1. The summed E-state index contributed by atoms with van der Waals surface area (Å²) in [6.45, 7) is 2.41. The Balaban J connectivity index is 1.46. The van der Waals surface area contributed by atoms with Crippen molar-refractivity contribution in [3.8, 4) is 22.1 Å². The lowest BCUT2D eigenvalue weighted by atomic mass is 10.2. The number of carbonyl (C=O) groups is 1. The van der Waals surface area contributed by atoms with E-state index in [0.29, 0.717) is 12.3 Å². The fraction of sp³-hybridized carbons (Fsp3) is 0.200. The standard InChI is InChI=1S/C20H20N2O3S/c1-14-13-26-20(22-14)16-5-9-18(10-6-16)25-12-19(23)21-11-15-3-7-17(24-2)8-4-15/h3-10,13H,11-12H2,1-2H3,(H,21,23). The van der Waals surface area contributed by atoms with E-state index in [1.807, 2.05) is 60.8 Å². The van der Waals surface area contributed by atoms with E-state index in [1.165, 1.54) is 0 Å². The van der Waals surface area contributed by atoms with Gasteiger partial charge in [0.1, 0.15) is 16.5 Å². The highest BCUT2D eigenvalue weighted by molar-refractivity contribution is 7.13. The number of ether oxygens (including phenoxy) is 2. The number of benzene rings is 2. The van der Waals surface area contributed by atoms with E-state index in [0.717, 1.165) is 27.6 Å². The molecule has 1 heterocycles. The zero-order valence-corrected chi connectivity index (χ0v) is 15.5. The minimum absolute atomic E-state index is 0.0220. The van der Waals surface area contributed by atoms with Crippen molar-refractivity contribution in [3.05, 3.63) is 65.2 Å². The Hall–Kier alpha value is -2.86. The first-order chi connectivity index (χ1) is 12.6. The first-order valence-corrected chi connectivity index (χ1v) is 9.07. The van der Waals surface area contributed by atoms with Crippen LogP contribution in [0.1, 0.15) is 11.3 Å². The van der Waals surface area contributed by atoms with Crippen LogP contribution in [0.4, 0.5) is 0 Å². The fourth-order valence-corrected chi connectivity index (χ4v) is 3.13. The maximum absolute atomic E-state index is 11.9. The van der Waals surface area contributed by atoms with Crippen molar-refractivity contribution in [3.63, 3.8) is 0 Å². The molecule has 2 aromatic carbocycles. The van der Waals surface area contributed by atoms with Gasteiger partial charge in [0.2, 0.25) is 0 Å². The van der Waals surface area contributed by atoms with Gasteiger partial charge >= 0.3 is 0 Å². The van der Waals surface area contributed by atoms with Crippen molar-refractivity contribution in [1.82, 2.24) is 10.3 Å². The third-order valence-corrected chi connectivity index (χ3v) is 4.75. The number of hydrogen-bond acceptors (Lipinski definition) is 5. The van der Waals surface area contributed by atoms with E-state index >= 15 is 0 Å². The Bertz CT molecular complexity index is 858. The van der Waals surface area contributed by atoms with E-state index in [2.05, 4.69) is 10.3 Å². The number of nitrogens with zero attached hydrogens (tertiary/aromatic N) is 1. The summed E-state index contributed by atoms with van der Waals surface area (Å²) >= 11 is 1.61. The zero-order valence-electron chi connectivity index (χ0n) is 14.7. The van der Waals surface area contributed by atoms with Crippen molar-refractivity contribution < 1.29 is 14.3 Å². The molecule has 0 aliphatic carbocycles. The number of nitrogens with one attached hydrogen (secondary N) is 1. The molecule has 0 radical (unpaired) electrons. The third-order valence-electron chi connectivity index (χ3n) is 3.74. The lowest BCUT2D eigenvalue weighted by Crippen LogP contribution is -2.28. The van der Waals surface area contributed by atoms with Crippen LogP contribution in [0.5, 0.6) is 11.5 Å².